The maximum absolute atomic E-state index is 14.1. The fourth-order valence-corrected chi connectivity index (χ4v) is 4.69. The van der Waals surface area contributed by atoms with Gasteiger partial charge in [-0.2, -0.15) is 5.10 Å². The fourth-order valence-electron chi connectivity index (χ4n) is 4.69. The van der Waals surface area contributed by atoms with Crippen molar-refractivity contribution in [3.63, 3.8) is 0 Å². The molecule has 7 nitrogen and oxygen atoms in total. The van der Waals surface area contributed by atoms with E-state index in [2.05, 4.69) is 5.10 Å². The van der Waals surface area contributed by atoms with Crippen molar-refractivity contribution in [1.29, 1.82) is 0 Å². The van der Waals surface area contributed by atoms with Crippen LogP contribution >= 0.6 is 0 Å². The molecule has 180 valence electrons. The molecule has 0 unspecified atom stereocenters. The highest BCUT2D eigenvalue weighted by molar-refractivity contribution is 6.05. The Labute approximate surface area is 199 Å². The average Bonchev–Trinajstić information content (AvgIpc) is 3.30. The van der Waals surface area contributed by atoms with E-state index < -0.39 is 12.1 Å². The van der Waals surface area contributed by atoms with Crippen LogP contribution in [0.5, 0.6) is 5.75 Å². The van der Waals surface area contributed by atoms with E-state index in [1.807, 2.05) is 29.2 Å². The number of hydrogen-bond acceptors (Lipinski definition) is 6. The monoisotopic (exact) mass is 467 g/mol. The Morgan fingerprint density at radius 3 is 2.74 bits per heavy atom. The molecule has 2 aromatic rings. The normalized spacial score (nSPS) is 20.7. The molecule has 0 bridgehead atoms. The van der Waals surface area contributed by atoms with Gasteiger partial charge in [-0.25, -0.2) is 9.40 Å². The number of benzene rings is 2. The minimum absolute atomic E-state index is 0.0397. The van der Waals surface area contributed by atoms with Crippen molar-refractivity contribution in [2.24, 2.45) is 5.10 Å². The molecular weight excluding hydrogens is 437 g/mol. The topological polar surface area (TPSA) is 71.4 Å². The second kappa shape index (κ2) is 10.8. The molecule has 0 aromatic heterocycles. The Balaban J connectivity index is 1.63. The summed E-state index contributed by atoms with van der Waals surface area (Å²) < 4.78 is 24.8. The molecule has 0 N–H and O–H groups in total. The van der Waals surface area contributed by atoms with Gasteiger partial charge in [0.25, 0.3) is 5.91 Å². The molecule has 2 aromatic carbocycles. The molecule has 2 aliphatic rings. The van der Waals surface area contributed by atoms with Crippen molar-refractivity contribution in [1.82, 2.24) is 9.91 Å². The van der Waals surface area contributed by atoms with Gasteiger partial charge < -0.3 is 9.47 Å². The van der Waals surface area contributed by atoms with Crippen molar-refractivity contribution < 1.29 is 23.5 Å². The van der Waals surface area contributed by atoms with E-state index in [1.165, 1.54) is 17.1 Å². The average molecular weight is 468 g/mol. The Bertz CT molecular complexity index is 1070. The third-order valence-electron chi connectivity index (χ3n) is 6.33. The maximum atomic E-state index is 14.1. The van der Waals surface area contributed by atoms with E-state index in [0.29, 0.717) is 43.0 Å². The SMILES string of the molecule is CCOC(=O)[C@@H]1CCCCN1CC(=O)N1N=C(c2ccccc2OC)C[C@@H]1c1cccc(F)c1. The van der Waals surface area contributed by atoms with Crippen molar-refractivity contribution in [2.45, 2.75) is 44.7 Å². The van der Waals surface area contributed by atoms with Gasteiger partial charge in [0, 0.05) is 12.0 Å². The van der Waals surface area contributed by atoms with Gasteiger partial charge in [-0.3, -0.25) is 14.5 Å². The van der Waals surface area contributed by atoms with Crippen molar-refractivity contribution in [3.05, 3.63) is 65.5 Å². The molecule has 2 aliphatic heterocycles. The van der Waals surface area contributed by atoms with Crippen LogP contribution < -0.4 is 4.74 Å². The fraction of sp³-hybridized carbons (Fsp3) is 0.423. The zero-order chi connectivity index (χ0) is 24.1. The van der Waals surface area contributed by atoms with Gasteiger partial charge in [-0.1, -0.05) is 30.7 Å². The number of hydrogen-bond donors (Lipinski definition) is 0. The van der Waals surface area contributed by atoms with Crippen LogP contribution in [-0.2, 0) is 14.3 Å². The van der Waals surface area contributed by atoms with Gasteiger partial charge in [0.1, 0.15) is 17.6 Å². The first-order valence-corrected chi connectivity index (χ1v) is 11.7. The van der Waals surface area contributed by atoms with Crippen LogP contribution in [0, 0.1) is 5.82 Å². The van der Waals surface area contributed by atoms with E-state index in [-0.39, 0.29) is 24.2 Å². The van der Waals surface area contributed by atoms with Crippen LogP contribution in [0.1, 0.15) is 49.8 Å². The zero-order valence-corrected chi connectivity index (χ0v) is 19.6. The van der Waals surface area contributed by atoms with Crippen LogP contribution in [0.15, 0.2) is 53.6 Å². The summed E-state index contributed by atoms with van der Waals surface area (Å²) in [6.45, 7) is 2.75. The number of esters is 1. The van der Waals surface area contributed by atoms with Gasteiger partial charge in [0.15, 0.2) is 0 Å². The Morgan fingerprint density at radius 1 is 1.15 bits per heavy atom. The second-order valence-corrected chi connectivity index (χ2v) is 8.49. The van der Waals surface area contributed by atoms with Crippen LogP contribution in [0.4, 0.5) is 4.39 Å². The number of para-hydroxylation sites is 1. The zero-order valence-electron chi connectivity index (χ0n) is 19.6. The third-order valence-corrected chi connectivity index (χ3v) is 6.33. The lowest BCUT2D eigenvalue weighted by Gasteiger charge is -2.34. The Kier molecular flexibility index (Phi) is 7.57. The summed E-state index contributed by atoms with van der Waals surface area (Å²) in [7, 11) is 1.59. The minimum atomic E-state index is -0.450. The molecule has 1 amide bonds. The minimum Gasteiger partial charge on any atom is -0.496 e. The van der Waals surface area contributed by atoms with Crippen molar-refractivity contribution in [3.8, 4) is 5.75 Å². The molecule has 1 saturated heterocycles. The number of hydrazone groups is 1. The summed E-state index contributed by atoms with van der Waals surface area (Å²) in [6, 6.07) is 12.9. The number of halogens is 1. The number of nitrogens with zero attached hydrogens (tertiary/aromatic N) is 3. The smallest absolute Gasteiger partial charge is 0.323 e. The standard InChI is InChI=1S/C26H30FN3O4/c1-3-34-26(32)22-12-6-7-14-29(22)17-25(31)30-23(18-9-8-10-19(27)15-18)16-21(28-30)20-11-4-5-13-24(20)33-2/h4-5,8-11,13,15,22-23H,3,6-7,12,14,16-17H2,1-2H3/t22-,23+/m0/s1. The molecule has 0 aliphatic carbocycles. The number of methoxy groups -OCH3 is 1. The van der Waals surface area contributed by atoms with Crippen LogP contribution in [-0.4, -0.2) is 60.3 Å². The highest BCUT2D eigenvalue weighted by Crippen LogP contribution is 2.35. The van der Waals surface area contributed by atoms with E-state index in [0.717, 1.165) is 18.4 Å². The van der Waals surface area contributed by atoms with Crippen LogP contribution in [0.3, 0.4) is 0 Å². The first kappa shape index (κ1) is 23.9. The highest BCUT2D eigenvalue weighted by Gasteiger charge is 2.37. The van der Waals surface area contributed by atoms with Crippen molar-refractivity contribution in [2.75, 3.05) is 26.8 Å². The molecule has 0 spiro atoms. The highest BCUT2D eigenvalue weighted by atomic mass is 19.1. The molecule has 0 saturated carbocycles. The summed E-state index contributed by atoms with van der Waals surface area (Å²) >= 11 is 0. The number of piperidine rings is 1. The van der Waals surface area contributed by atoms with Gasteiger partial charge >= 0.3 is 5.97 Å². The second-order valence-electron chi connectivity index (χ2n) is 8.49. The first-order chi connectivity index (χ1) is 16.5. The molecular formula is C26H30FN3O4. The van der Waals surface area contributed by atoms with Crippen molar-refractivity contribution >= 4 is 17.6 Å². The number of ether oxygens (including phenoxy) is 2. The summed E-state index contributed by atoms with van der Waals surface area (Å²) in [5, 5.41) is 6.12. The molecule has 34 heavy (non-hydrogen) atoms. The van der Waals surface area contributed by atoms with E-state index in [1.54, 1.807) is 26.2 Å². The largest absolute Gasteiger partial charge is 0.496 e. The third kappa shape index (κ3) is 5.12. The van der Waals surface area contributed by atoms with Crippen LogP contribution in [0.2, 0.25) is 0 Å². The van der Waals surface area contributed by atoms with Crippen LogP contribution in [0.25, 0.3) is 0 Å². The lowest BCUT2D eigenvalue weighted by atomic mass is 9.97. The molecule has 1 fully saturated rings. The maximum Gasteiger partial charge on any atom is 0.323 e. The number of amides is 1. The van der Waals surface area contributed by atoms with E-state index in [4.69, 9.17) is 9.47 Å². The number of likely N-dealkylation sites (tertiary alicyclic amines) is 1. The lowest BCUT2D eigenvalue weighted by molar-refractivity contribution is -0.152. The number of carbonyl (C=O) groups excluding carboxylic acids is 2. The predicted octanol–water partition coefficient (Wildman–Crippen LogP) is 3.93. The molecule has 0 radical (unpaired) electrons. The molecule has 2 heterocycles. The summed E-state index contributed by atoms with van der Waals surface area (Å²) in [5.41, 5.74) is 2.16. The molecule has 4 rings (SSSR count). The summed E-state index contributed by atoms with van der Waals surface area (Å²) in [6.07, 6.45) is 2.91. The summed E-state index contributed by atoms with van der Waals surface area (Å²) in [4.78, 5) is 27.9. The Hall–Kier alpha value is -3.26. The lowest BCUT2D eigenvalue weighted by Crippen LogP contribution is -2.49. The van der Waals surface area contributed by atoms with E-state index >= 15 is 0 Å². The summed E-state index contributed by atoms with van der Waals surface area (Å²) in [5.74, 6) is -0.243. The molecule has 8 heteroatoms. The van der Waals surface area contributed by atoms with Gasteiger partial charge in [0.2, 0.25) is 0 Å². The van der Waals surface area contributed by atoms with E-state index in [9.17, 15) is 14.0 Å². The van der Waals surface area contributed by atoms with Gasteiger partial charge in [-0.15, -0.1) is 0 Å². The number of carbonyl (C=O) groups is 2. The Morgan fingerprint density at radius 2 is 1.97 bits per heavy atom. The molecule has 2 atom stereocenters. The number of rotatable bonds is 7. The predicted molar refractivity (Wildman–Crippen MR) is 126 cm³/mol. The quantitative estimate of drug-likeness (QED) is 0.577. The van der Waals surface area contributed by atoms with Gasteiger partial charge in [-0.05, 0) is 56.1 Å². The van der Waals surface area contributed by atoms with Gasteiger partial charge in [0.05, 0.1) is 32.0 Å². The first-order valence-electron chi connectivity index (χ1n) is 11.7.